The number of nitrogens with zero attached hydrogens (tertiary/aromatic N) is 1. The molecule has 0 amide bonds. The summed E-state index contributed by atoms with van der Waals surface area (Å²) in [4.78, 5) is 4.11. The maximum absolute atomic E-state index is 2.44. The third kappa shape index (κ3) is 3.59. The summed E-state index contributed by atoms with van der Waals surface area (Å²) in [6, 6.07) is 26.6. The van der Waals surface area contributed by atoms with E-state index in [1.54, 1.807) is 0 Å². The summed E-state index contributed by atoms with van der Waals surface area (Å²) in [5.74, 6) is 1.11. The fourth-order valence-corrected chi connectivity index (χ4v) is 6.94. The van der Waals surface area contributed by atoms with E-state index >= 15 is 0 Å². The van der Waals surface area contributed by atoms with Gasteiger partial charge in [-0.2, -0.15) is 3.71 Å². The van der Waals surface area contributed by atoms with Crippen LogP contribution in [0.25, 0.3) is 21.5 Å². The third-order valence-electron chi connectivity index (χ3n) is 4.79. The molecule has 0 aliphatic carbocycles. The highest BCUT2D eigenvalue weighted by Crippen LogP contribution is 2.44. The summed E-state index contributed by atoms with van der Waals surface area (Å²) < 4.78 is 2.44. The molecule has 0 bridgehead atoms. The van der Waals surface area contributed by atoms with E-state index in [1.165, 1.54) is 41.8 Å². The minimum atomic E-state index is 1.05. The maximum Gasteiger partial charge on any atom is 0.0381 e. The smallest absolute Gasteiger partial charge is 0.0381 e. The van der Waals surface area contributed by atoms with Gasteiger partial charge in [0, 0.05) is 27.0 Å². The molecule has 27 heavy (non-hydrogen) atoms. The normalized spacial score (nSPS) is 15.0. The van der Waals surface area contributed by atoms with Gasteiger partial charge in [0.05, 0.1) is 0 Å². The lowest BCUT2D eigenvalue weighted by Gasteiger charge is -2.19. The lowest BCUT2D eigenvalue weighted by atomic mass is 10.1. The Kier molecular flexibility index (Phi) is 4.82. The van der Waals surface area contributed by atoms with Crippen LogP contribution in [0.4, 0.5) is 0 Å². The van der Waals surface area contributed by atoms with Crippen molar-refractivity contribution in [3.63, 3.8) is 0 Å². The number of hydrogen-bond acceptors (Lipinski definition) is 4. The van der Waals surface area contributed by atoms with Gasteiger partial charge in [-0.15, -0.1) is 11.8 Å². The zero-order chi connectivity index (χ0) is 18.2. The van der Waals surface area contributed by atoms with Gasteiger partial charge in [-0.05, 0) is 76.1 Å². The van der Waals surface area contributed by atoms with E-state index in [-0.39, 0.29) is 0 Å². The minimum Gasteiger partial charge on any atom is -0.185 e. The van der Waals surface area contributed by atoms with E-state index in [2.05, 4.69) is 83.4 Å². The van der Waals surface area contributed by atoms with Gasteiger partial charge in [-0.25, -0.2) is 0 Å². The predicted molar refractivity (Wildman–Crippen MR) is 122 cm³/mol. The van der Waals surface area contributed by atoms with Crippen molar-refractivity contribution < 1.29 is 0 Å². The van der Waals surface area contributed by atoms with E-state index in [9.17, 15) is 0 Å². The molecule has 0 unspecified atom stereocenters. The van der Waals surface area contributed by atoms with E-state index in [0.717, 1.165) is 12.3 Å². The SMILES string of the molecule is Cc1cc2ccccc2cc1SN1CCSc2cc3ccccc3cc2S1. The van der Waals surface area contributed by atoms with Gasteiger partial charge in [-0.3, -0.25) is 0 Å². The quantitative estimate of drug-likeness (QED) is 0.319. The number of benzene rings is 4. The van der Waals surface area contributed by atoms with Crippen LogP contribution in [0.15, 0.2) is 87.5 Å². The molecule has 1 aliphatic heterocycles. The van der Waals surface area contributed by atoms with Crippen molar-refractivity contribution in [1.82, 2.24) is 3.71 Å². The topological polar surface area (TPSA) is 3.24 Å². The van der Waals surface area contributed by atoms with Crippen LogP contribution in [0.5, 0.6) is 0 Å². The first kappa shape index (κ1) is 17.5. The molecule has 5 rings (SSSR count). The summed E-state index contributed by atoms with van der Waals surface area (Å²) in [6.07, 6.45) is 0. The number of aryl methyl sites for hydroxylation is 1. The van der Waals surface area contributed by atoms with Crippen molar-refractivity contribution in [2.24, 2.45) is 0 Å². The van der Waals surface area contributed by atoms with Crippen LogP contribution in [0.3, 0.4) is 0 Å². The van der Waals surface area contributed by atoms with Gasteiger partial charge in [0.15, 0.2) is 0 Å². The van der Waals surface area contributed by atoms with Gasteiger partial charge in [0.25, 0.3) is 0 Å². The van der Waals surface area contributed by atoms with Crippen LogP contribution < -0.4 is 0 Å². The second-order valence-electron chi connectivity index (χ2n) is 6.70. The summed E-state index contributed by atoms with van der Waals surface area (Å²) in [6.45, 7) is 3.27. The molecular weight excluding hydrogens is 386 g/mol. The van der Waals surface area contributed by atoms with Crippen LogP contribution in [0.1, 0.15) is 5.56 Å². The van der Waals surface area contributed by atoms with Crippen molar-refractivity contribution >= 4 is 57.2 Å². The Bertz CT molecular complexity index is 1140. The Morgan fingerprint density at radius 1 is 0.778 bits per heavy atom. The zero-order valence-corrected chi connectivity index (χ0v) is 17.5. The molecule has 1 heterocycles. The second-order valence-corrected chi connectivity index (χ2v) is 10.2. The summed E-state index contributed by atoms with van der Waals surface area (Å²) in [5.41, 5.74) is 1.34. The average Bonchev–Trinajstić information content (AvgIpc) is 2.88. The molecule has 134 valence electrons. The van der Waals surface area contributed by atoms with Crippen molar-refractivity contribution in [2.75, 3.05) is 12.3 Å². The molecular formula is C23H19NS3. The highest BCUT2D eigenvalue weighted by molar-refractivity contribution is 8.12. The summed E-state index contributed by atoms with van der Waals surface area (Å²) >= 11 is 5.72. The van der Waals surface area contributed by atoms with Crippen LogP contribution in [0.2, 0.25) is 0 Å². The second kappa shape index (κ2) is 7.44. The van der Waals surface area contributed by atoms with Gasteiger partial charge in [-0.1, -0.05) is 54.6 Å². The third-order valence-corrected chi connectivity index (χ3v) is 8.34. The Hall–Kier alpha value is -1.59. The molecule has 0 radical (unpaired) electrons. The van der Waals surface area contributed by atoms with Gasteiger partial charge < -0.3 is 0 Å². The van der Waals surface area contributed by atoms with Crippen LogP contribution >= 0.6 is 35.7 Å². The highest BCUT2D eigenvalue weighted by Gasteiger charge is 2.18. The van der Waals surface area contributed by atoms with Crippen molar-refractivity contribution in [1.29, 1.82) is 0 Å². The van der Waals surface area contributed by atoms with E-state index in [1.807, 2.05) is 35.7 Å². The molecule has 0 saturated carbocycles. The summed E-state index contributed by atoms with van der Waals surface area (Å²) in [5, 5.41) is 5.27. The molecule has 4 aromatic carbocycles. The number of thioether (sulfide) groups is 1. The number of rotatable bonds is 2. The fourth-order valence-electron chi connectivity index (χ4n) is 3.37. The molecule has 0 spiro atoms. The largest absolute Gasteiger partial charge is 0.185 e. The fraction of sp³-hybridized carbons (Fsp3) is 0.130. The van der Waals surface area contributed by atoms with Crippen LogP contribution in [-0.4, -0.2) is 16.0 Å². The van der Waals surface area contributed by atoms with Crippen molar-refractivity contribution in [2.45, 2.75) is 21.6 Å². The maximum atomic E-state index is 2.44. The van der Waals surface area contributed by atoms with Crippen molar-refractivity contribution in [3.05, 3.63) is 78.4 Å². The summed E-state index contributed by atoms with van der Waals surface area (Å²) in [7, 11) is 0. The molecule has 0 N–H and O–H groups in total. The van der Waals surface area contributed by atoms with Crippen LogP contribution in [0, 0.1) is 6.92 Å². The number of fused-ring (bicyclic) bond motifs is 3. The first-order valence-corrected chi connectivity index (χ1v) is 11.6. The Morgan fingerprint density at radius 3 is 2.07 bits per heavy atom. The van der Waals surface area contributed by atoms with Crippen molar-refractivity contribution in [3.8, 4) is 0 Å². The molecule has 1 aliphatic rings. The van der Waals surface area contributed by atoms with E-state index in [4.69, 9.17) is 0 Å². The first-order valence-electron chi connectivity index (χ1n) is 9.05. The average molecular weight is 406 g/mol. The molecule has 1 nitrogen and oxygen atoms in total. The Labute approximate surface area is 172 Å². The lowest BCUT2D eigenvalue weighted by Crippen LogP contribution is -2.08. The van der Waals surface area contributed by atoms with Gasteiger partial charge >= 0.3 is 0 Å². The standard InChI is InChI=1S/C23H19NS3/c1-16-12-17-6-2-3-7-18(17)13-21(16)26-24-10-11-25-22-14-19-8-4-5-9-20(19)15-23(22)27-24/h2-9,12-15H,10-11H2,1H3. The molecule has 4 heteroatoms. The van der Waals surface area contributed by atoms with E-state index < -0.39 is 0 Å². The molecule has 4 aromatic rings. The Balaban J connectivity index is 1.46. The number of hydrogen-bond donors (Lipinski definition) is 0. The molecule has 0 atom stereocenters. The lowest BCUT2D eigenvalue weighted by molar-refractivity contribution is 0.797. The Morgan fingerprint density at radius 2 is 1.37 bits per heavy atom. The van der Waals surface area contributed by atoms with Gasteiger partial charge in [0.1, 0.15) is 0 Å². The van der Waals surface area contributed by atoms with Crippen LogP contribution in [-0.2, 0) is 0 Å². The molecule has 0 aromatic heterocycles. The first-order chi connectivity index (χ1) is 13.3. The predicted octanol–water partition coefficient (Wildman–Crippen LogP) is 7.42. The monoisotopic (exact) mass is 405 g/mol. The highest BCUT2D eigenvalue weighted by atomic mass is 32.2. The molecule has 0 fully saturated rings. The zero-order valence-electron chi connectivity index (χ0n) is 15.0. The van der Waals surface area contributed by atoms with E-state index in [0.29, 0.717) is 0 Å². The van der Waals surface area contributed by atoms with Gasteiger partial charge in [0.2, 0.25) is 0 Å². The molecule has 0 saturated heterocycles. The minimum absolute atomic E-state index is 1.05.